The summed E-state index contributed by atoms with van der Waals surface area (Å²) in [6.45, 7) is 3.58. The minimum atomic E-state index is -0.859. The molecule has 2 atom stereocenters. The summed E-state index contributed by atoms with van der Waals surface area (Å²) in [5.74, 6) is -1.63. The second-order valence-corrected chi connectivity index (χ2v) is 4.68. The van der Waals surface area contributed by atoms with Gasteiger partial charge in [-0.2, -0.15) is 0 Å². The van der Waals surface area contributed by atoms with E-state index in [0.717, 1.165) is 13.1 Å². The van der Waals surface area contributed by atoms with Gasteiger partial charge in [-0.1, -0.05) is 0 Å². The molecule has 1 saturated carbocycles. The SMILES string of the molecule is O=C(O)C1CC1C(=O)N1CCN(CCO)CC1. The highest BCUT2D eigenvalue weighted by molar-refractivity contribution is 5.89. The molecule has 0 aromatic carbocycles. The molecule has 2 N–H and O–H groups in total. The average Bonchev–Trinajstić information content (AvgIpc) is 3.09. The summed E-state index contributed by atoms with van der Waals surface area (Å²) < 4.78 is 0. The van der Waals surface area contributed by atoms with Gasteiger partial charge in [0.05, 0.1) is 18.4 Å². The molecule has 2 unspecified atom stereocenters. The van der Waals surface area contributed by atoms with Crippen molar-refractivity contribution in [2.75, 3.05) is 39.3 Å². The molecular formula is C11H18N2O4. The number of carbonyl (C=O) groups excluding carboxylic acids is 1. The number of nitrogens with zero attached hydrogens (tertiary/aromatic N) is 2. The molecule has 0 aromatic heterocycles. The highest BCUT2D eigenvalue weighted by Crippen LogP contribution is 2.40. The van der Waals surface area contributed by atoms with Crippen molar-refractivity contribution >= 4 is 11.9 Å². The Bertz CT molecular complexity index is 313. The van der Waals surface area contributed by atoms with Crippen molar-refractivity contribution < 1.29 is 19.8 Å². The van der Waals surface area contributed by atoms with Crippen LogP contribution >= 0.6 is 0 Å². The van der Waals surface area contributed by atoms with Crippen LogP contribution < -0.4 is 0 Å². The van der Waals surface area contributed by atoms with Gasteiger partial charge >= 0.3 is 5.97 Å². The Hall–Kier alpha value is -1.14. The maximum Gasteiger partial charge on any atom is 0.307 e. The van der Waals surface area contributed by atoms with Crippen molar-refractivity contribution in [2.45, 2.75) is 6.42 Å². The van der Waals surface area contributed by atoms with Gasteiger partial charge in [0.1, 0.15) is 0 Å². The van der Waals surface area contributed by atoms with Crippen LogP contribution in [-0.2, 0) is 9.59 Å². The summed E-state index contributed by atoms with van der Waals surface area (Å²) in [7, 11) is 0. The second kappa shape index (κ2) is 5.01. The Kier molecular flexibility index (Phi) is 3.63. The normalized spacial score (nSPS) is 29.1. The molecule has 0 aromatic rings. The molecule has 6 nitrogen and oxygen atoms in total. The molecule has 6 heteroatoms. The highest BCUT2D eigenvalue weighted by atomic mass is 16.4. The molecule has 17 heavy (non-hydrogen) atoms. The molecule has 1 heterocycles. The Labute approximate surface area is 99.8 Å². The Morgan fingerprint density at radius 1 is 1.12 bits per heavy atom. The molecule has 2 aliphatic rings. The highest BCUT2D eigenvalue weighted by Gasteiger charge is 2.49. The first-order chi connectivity index (χ1) is 8.13. The van der Waals surface area contributed by atoms with Gasteiger partial charge < -0.3 is 15.1 Å². The van der Waals surface area contributed by atoms with Crippen LogP contribution in [0.5, 0.6) is 0 Å². The van der Waals surface area contributed by atoms with Crippen LogP contribution in [0.15, 0.2) is 0 Å². The molecule has 2 rings (SSSR count). The van der Waals surface area contributed by atoms with E-state index in [9.17, 15) is 9.59 Å². The van der Waals surface area contributed by atoms with Crippen LogP contribution in [0.25, 0.3) is 0 Å². The maximum absolute atomic E-state index is 11.9. The average molecular weight is 242 g/mol. The Balaban J connectivity index is 1.78. The van der Waals surface area contributed by atoms with Gasteiger partial charge in [0.25, 0.3) is 0 Å². The molecule has 1 aliphatic carbocycles. The van der Waals surface area contributed by atoms with Crippen LogP contribution in [0, 0.1) is 11.8 Å². The predicted octanol–water partition coefficient (Wildman–Crippen LogP) is -1.16. The van der Waals surface area contributed by atoms with Crippen LogP contribution in [0.2, 0.25) is 0 Å². The topological polar surface area (TPSA) is 81.1 Å². The van der Waals surface area contributed by atoms with E-state index >= 15 is 0 Å². The number of aliphatic carboxylic acids is 1. The van der Waals surface area contributed by atoms with E-state index in [1.165, 1.54) is 0 Å². The number of β-amino-alcohol motifs (C(OH)–C–C–N with tert-alkyl or cyclic N) is 1. The van der Waals surface area contributed by atoms with Gasteiger partial charge in [-0.05, 0) is 6.42 Å². The van der Waals surface area contributed by atoms with E-state index in [0.29, 0.717) is 26.1 Å². The van der Waals surface area contributed by atoms with E-state index in [4.69, 9.17) is 10.2 Å². The van der Waals surface area contributed by atoms with E-state index < -0.39 is 11.9 Å². The van der Waals surface area contributed by atoms with Gasteiger partial charge in [-0.25, -0.2) is 0 Å². The number of carboxylic acids is 1. The number of piperazine rings is 1. The molecule has 96 valence electrons. The first kappa shape index (κ1) is 12.3. The summed E-state index contributed by atoms with van der Waals surface area (Å²) in [6, 6.07) is 0. The van der Waals surface area contributed by atoms with Gasteiger partial charge in [0.15, 0.2) is 0 Å². The lowest BCUT2D eigenvalue weighted by Gasteiger charge is -2.34. The zero-order chi connectivity index (χ0) is 12.4. The number of amides is 1. The number of carboxylic acid groups (broad SMARTS) is 1. The summed E-state index contributed by atoms with van der Waals surface area (Å²) in [5, 5.41) is 17.6. The lowest BCUT2D eigenvalue weighted by molar-refractivity contribution is -0.142. The van der Waals surface area contributed by atoms with E-state index in [1.807, 2.05) is 0 Å². The standard InChI is InChI=1S/C11H18N2O4/c14-6-5-12-1-3-13(4-2-12)10(15)8-7-9(8)11(16)17/h8-9,14H,1-7H2,(H,16,17). The minimum Gasteiger partial charge on any atom is -0.481 e. The maximum atomic E-state index is 11.9. The van der Waals surface area contributed by atoms with Gasteiger partial charge in [-0.15, -0.1) is 0 Å². The van der Waals surface area contributed by atoms with Crippen LogP contribution in [0.4, 0.5) is 0 Å². The zero-order valence-corrected chi connectivity index (χ0v) is 9.71. The Morgan fingerprint density at radius 2 is 1.76 bits per heavy atom. The fraction of sp³-hybridized carbons (Fsp3) is 0.818. The first-order valence-corrected chi connectivity index (χ1v) is 5.98. The van der Waals surface area contributed by atoms with Gasteiger partial charge in [-0.3, -0.25) is 14.5 Å². The molecule has 1 amide bonds. The molecule has 0 bridgehead atoms. The quantitative estimate of drug-likeness (QED) is 0.650. The van der Waals surface area contributed by atoms with E-state index in [2.05, 4.69) is 4.90 Å². The summed E-state index contributed by atoms with van der Waals surface area (Å²) >= 11 is 0. The van der Waals surface area contributed by atoms with E-state index in [1.54, 1.807) is 4.90 Å². The van der Waals surface area contributed by atoms with Gasteiger partial charge in [0, 0.05) is 32.7 Å². The summed E-state index contributed by atoms with van der Waals surface area (Å²) in [4.78, 5) is 26.5. The van der Waals surface area contributed by atoms with Crippen molar-refractivity contribution in [3.63, 3.8) is 0 Å². The number of carbonyl (C=O) groups is 2. The largest absolute Gasteiger partial charge is 0.481 e. The molecule has 1 saturated heterocycles. The Morgan fingerprint density at radius 3 is 2.24 bits per heavy atom. The third-order valence-electron chi connectivity index (χ3n) is 3.53. The third-order valence-corrected chi connectivity index (χ3v) is 3.53. The monoisotopic (exact) mass is 242 g/mol. The van der Waals surface area contributed by atoms with Crippen LogP contribution in [0.3, 0.4) is 0 Å². The fourth-order valence-corrected chi connectivity index (χ4v) is 2.31. The predicted molar refractivity (Wildman–Crippen MR) is 59.3 cm³/mol. The molecular weight excluding hydrogens is 224 g/mol. The number of aliphatic hydroxyl groups excluding tert-OH is 1. The number of rotatable bonds is 4. The van der Waals surface area contributed by atoms with Crippen LogP contribution in [-0.4, -0.2) is 71.2 Å². The van der Waals surface area contributed by atoms with Crippen molar-refractivity contribution in [3.05, 3.63) is 0 Å². The number of aliphatic hydroxyl groups is 1. The zero-order valence-electron chi connectivity index (χ0n) is 9.71. The third kappa shape index (κ3) is 2.76. The smallest absolute Gasteiger partial charge is 0.307 e. The molecule has 2 fully saturated rings. The molecule has 0 spiro atoms. The van der Waals surface area contributed by atoms with E-state index in [-0.39, 0.29) is 18.4 Å². The number of hydrogen-bond acceptors (Lipinski definition) is 4. The fourth-order valence-electron chi connectivity index (χ4n) is 2.31. The van der Waals surface area contributed by atoms with Crippen molar-refractivity contribution in [1.29, 1.82) is 0 Å². The summed E-state index contributed by atoms with van der Waals surface area (Å²) in [5.41, 5.74) is 0. The lowest BCUT2D eigenvalue weighted by atomic mass is 10.2. The summed E-state index contributed by atoms with van der Waals surface area (Å²) in [6.07, 6.45) is 0.491. The molecule has 1 aliphatic heterocycles. The van der Waals surface area contributed by atoms with Crippen molar-refractivity contribution in [3.8, 4) is 0 Å². The van der Waals surface area contributed by atoms with Crippen LogP contribution in [0.1, 0.15) is 6.42 Å². The van der Waals surface area contributed by atoms with Gasteiger partial charge in [0.2, 0.25) is 5.91 Å². The van der Waals surface area contributed by atoms with Crippen molar-refractivity contribution in [2.24, 2.45) is 11.8 Å². The minimum absolute atomic E-state index is 0.0129. The van der Waals surface area contributed by atoms with Crippen molar-refractivity contribution in [1.82, 2.24) is 9.80 Å². The second-order valence-electron chi connectivity index (χ2n) is 4.68. The lowest BCUT2D eigenvalue weighted by Crippen LogP contribution is -2.49. The first-order valence-electron chi connectivity index (χ1n) is 5.98. The molecule has 0 radical (unpaired) electrons. The number of hydrogen-bond donors (Lipinski definition) is 2.